The third-order valence-electron chi connectivity index (χ3n) is 7.96. The molecule has 8 heteroatoms. The summed E-state index contributed by atoms with van der Waals surface area (Å²) >= 11 is 1.73. The monoisotopic (exact) mass is 556 g/mol. The zero-order valence-corrected chi connectivity index (χ0v) is 24.2. The first-order valence-electron chi connectivity index (χ1n) is 13.7. The largest absolute Gasteiger partial charge is 0.494 e. The van der Waals surface area contributed by atoms with Gasteiger partial charge in [0.1, 0.15) is 0 Å². The molecule has 0 aliphatic carbocycles. The van der Waals surface area contributed by atoms with Crippen LogP contribution in [0.3, 0.4) is 0 Å². The lowest BCUT2D eigenvalue weighted by Crippen LogP contribution is -2.41. The first kappa shape index (κ1) is 26.0. The van der Waals surface area contributed by atoms with Crippen molar-refractivity contribution >= 4 is 41.7 Å². The SMILES string of the molecule is CC1(C)OB(c2ccc3c(c2)Sc2ccccc2N3c2nc(-c3ccccc3)nc(-c3ccccc3)n2)OC1(C)C. The Morgan fingerprint density at radius 2 is 1.15 bits per heavy atom. The predicted octanol–water partition coefficient (Wildman–Crippen LogP) is 7.44. The predicted molar refractivity (Wildman–Crippen MR) is 165 cm³/mol. The fourth-order valence-corrected chi connectivity index (χ4v) is 6.12. The standard InChI is InChI=1S/C33H29BN4O2S/c1-32(2)33(3,4)40-34(39-32)24-19-20-26-28(21-24)41-27-18-12-11-17-25(27)38(26)31-36-29(22-13-7-5-8-14-22)35-30(37-31)23-15-9-6-10-16-23/h5-21H,1-4H3. The van der Waals surface area contributed by atoms with Gasteiger partial charge in [-0.1, -0.05) is 90.6 Å². The van der Waals surface area contributed by atoms with Crippen LogP contribution < -0.4 is 10.4 Å². The van der Waals surface area contributed by atoms with E-state index >= 15 is 0 Å². The van der Waals surface area contributed by atoms with Crippen molar-refractivity contribution in [2.24, 2.45) is 0 Å². The molecule has 5 aromatic rings. The minimum Gasteiger partial charge on any atom is -0.399 e. The Labute approximate surface area is 244 Å². The highest BCUT2D eigenvalue weighted by molar-refractivity contribution is 7.99. The van der Waals surface area contributed by atoms with E-state index in [0.717, 1.165) is 37.8 Å². The smallest absolute Gasteiger partial charge is 0.399 e. The van der Waals surface area contributed by atoms with Crippen molar-refractivity contribution in [3.63, 3.8) is 0 Å². The maximum absolute atomic E-state index is 6.37. The van der Waals surface area contributed by atoms with Crippen LogP contribution in [0.15, 0.2) is 113 Å². The topological polar surface area (TPSA) is 60.4 Å². The van der Waals surface area contributed by atoms with Crippen molar-refractivity contribution < 1.29 is 9.31 Å². The summed E-state index contributed by atoms with van der Waals surface area (Å²) in [6.07, 6.45) is 0. The Balaban J connectivity index is 1.38. The summed E-state index contributed by atoms with van der Waals surface area (Å²) in [6.45, 7) is 8.31. The lowest BCUT2D eigenvalue weighted by Gasteiger charge is -2.32. The molecule has 0 unspecified atom stereocenters. The second-order valence-corrected chi connectivity index (χ2v) is 12.3. The summed E-state index contributed by atoms with van der Waals surface area (Å²) in [5.41, 5.74) is 4.06. The maximum Gasteiger partial charge on any atom is 0.494 e. The normalized spacial score (nSPS) is 16.8. The second kappa shape index (κ2) is 9.84. The van der Waals surface area contributed by atoms with Crippen LogP contribution in [0.5, 0.6) is 0 Å². The molecule has 0 amide bonds. The summed E-state index contributed by atoms with van der Waals surface area (Å²) in [5.74, 6) is 1.82. The van der Waals surface area contributed by atoms with Gasteiger partial charge in [-0.25, -0.2) is 4.98 Å². The minimum atomic E-state index is -0.442. The molecule has 7 rings (SSSR count). The number of aromatic nitrogens is 3. The molecule has 41 heavy (non-hydrogen) atoms. The molecular formula is C33H29BN4O2S. The number of benzene rings is 4. The molecule has 1 saturated heterocycles. The number of para-hydroxylation sites is 1. The number of fused-ring (bicyclic) bond motifs is 2. The Kier molecular flexibility index (Phi) is 6.23. The Bertz CT molecular complexity index is 1670. The zero-order chi connectivity index (χ0) is 28.2. The Morgan fingerprint density at radius 3 is 1.76 bits per heavy atom. The van der Waals surface area contributed by atoms with Gasteiger partial charge in [0.2, 0.25) is 5.95 Å². The summed E-state index contributed by atoms with van der Waals surface area (Å²) in [5, 5.41) is 0. The van der Waals surface area contributed by atoms with E-state index in [1.165, 1.54) is 0 Å². The summed E-state index contributed by atoms with van der Waals surface area (Å²) in [4.78, 5) is 19.3. The number of anilines is 3. The lowest BCUT2D eigenvalue weighted by molar-refractivity contribution is 0.00578. The number of rotatable bonds is 4. The van der Waals surface area contributed by atoms with E-state index < -0.39 is 18.3 Å². The van der Waals surface area contributed by atoms with Crippen LogP contribution in [-0.2, 0) is 9.31 Å². The van der Waals surface area contributed by atoms with E-state index in [4.69, 9.17) is 24.3 Å². The van der Waals surface area contributed by atoms with Crippen LogP contribution >= 0.6 is 11.8 Å². The molecule has 202 valence electrons. The van der Waals surface area contributed by atoms with Gasteiger partial charge in [-0.15, -0.1) is 0 Å². The molecule has 3 heterocycles. The van der Waals surface area contributed by atoms with Gasteiger partial charge in [0, 0.05) is 20.9 Å². The number of nitrogens with zero attached hydrogens (tertiary/aromatic N) is 4. The minimum absolute atomic E-state index is 0.411. The highest BCUT2D eigenvalue weighted by Crippen LogP contribution is 2.50. The molecule has 0 saturated carbocycles. The van der Waals surface area contributed by atoms with Gasteiger partial charge in [0.15, 0.2) is 11.6 Å². The Morgan fingerprint density at radius 1 is 0.610 bits per heavy atom. The van der Waals surface area contributed by atoms with Crippen molar-refractivity contribution in [3.8, 4) is 22.8 Å². The van der Waals surface area contributed by atoms with Gasteiger partial charge in [-0.05, 0) is 57.4 Å². The summed E-state index contributed by atoms with van der Waals surface area (Å²) < 4.78 is 12.7. The average molecular weight is 557 g/mol. The average Bonchev–Trinajstić information content (AvgIpc) is 3.22. The molecule has 0 radical (unpaired) electrons. The van der Waals surface area contributed by atoms with Gasteiger partial charge < -0.3 is 9.31 Å². The molecule has 0 bridgehead atoms. The van der Waals surface area contributed by atoms with E-state index in [1.807, 2.05) is 66.7 Å². The fourth-order valence-electron chi connectivity index (χ4n) is 5.01. The third-order valence-corrected chi connectivity index (χ3v) is 9.08. The molecule has 2 aliphatic rings. The van der Waals surface area contributed by atoms with E-state index in [9.17, 15) is 0 Å². The molecule has 2 aliphatic heterocycles. The van der Waals surface area contributed by atoms with Crippen LogP contribution in [0.2, 0.25) is 0 Å². The molecule has 1 fully saturated rings. The van der Waals surface area contributed by atoms with E-state index in [1.54, 1.807) is 11.8 Å². The molecule has 0 N–H and O–H groups in total. The van der Waals surface area contributed by atoms with Gasteiger partial charge in [0.05, 0.1) is 22.6 Å². The van der Waals surface area contributed by atoms with Gasteiger partial charge in [-0.3, -0.25) is 4.90 Å². The van der Waals surface area contributed by atoms with E-state index in [2.05, 4.69) is 69.0 Å². The quantitative estimate of drug-likeness (QED) is 0.209. The van der Waals surface area contributed by atoms with Crippen LogP contribution in [-0.4, -0.2) is 33.3 Å². The van der Waals surface area contributed by atoms with Gasteiger partial charge >= 0.3 is 7.12 Å². The molecule has 1 aromatic heterocycles. The molecule has 6 nitrogen and oxygen atoms in total. The molecule has 0 atom stereocenters. The number of hydrogen-bond donors (Lipinski definition) is 0. The maximum atomic E-state index is 6.37. The number of hydrogen-bond acceptors (Lipinski definition) is 7. The van der Waals surface area contributed by atoms with Crippen LogP contribution in [0, 0.1) is 0 Å². The summed E-state index contributed by atoms with van der Waals surface area (Å²) in [7, 11) is -0.442. The van der Waals surface area contributed by atoms with Crippen LogP contribution in [0.1, 0.15) is 27.7 Å². The zero-order valence-electron chi connectivity index (χ0n) is 23.4. The first-order chi connectivity index (χ1) is 19.8. The van der Waals surface area contributed by atoms with Crippen LogP contribution in [0.4, 0.5) is 17.3 Å². The van der Waals surface area contributed by atoms with Gasteiger partial charge in [-0.2, -0.15) is 9.97 Å². The molecule has 4 aromatic carbocycles. The van der Waals surface area contributed by atoms with Crippen molar-refractivity contribution in [3.05, 3.63) is 103 Å². The fraction of sp³-hybridized carbons (Fsp3) is 0.182. The first-order valence-corrected chi connectivity index (χ1v) is 14.5. The third kappa shape index (κ3) is 4.62. The van der Waals surface area contributed by atoms with E-state index in [0.29, 0.717) is 17.6 Å². The van der Waals surface area contributed by atoms with E-state index in [-0.39, 0.29) is 0 Å². The lowest BCUT2D eigenvalue weighted by atomic mass is 9.79. The summed E-state index contributed by atoms with van der Waals surface area (Å²) in [6, 6.07) is 34.8. The highest BCUT2D eigenvalue weighted by Gasteiger charge is 2.51. The van der Waals surface area contributed by atoms with Crippen molar-refractivity contribution in [2.45, 2.75) is 48.7 Å². The van der Waals surface area contributed by atoms with Crippen molar-refractivity contribution in [1.82, 2.24) is 15.0 Å². The molecule has 0 spiro atoms. The van der Waals surface area contributed by atoms with Crippen molar-refractivity contribution in [2.75, 3.05) is 4.90 Å². The van der Waals surface area contributed by atoms with Crippen LogP contribution in [0.25, 0.3) is 22.8 Å². The highest BCUT2D eigenvalue weighted by atomic mass is 32.2. The van der Waals surface area contributed by atoms with Crippen molar-refractivity contribution in [1.29, 1.82) is 0 Å². The molecular weight excluding hydrogens is 527 g/mol. The second-order valence-electron chi connectivity index (χ2n) is 11.2. The van der Waals surface area contributed by atoms with Gasteiger partial charge in [0.25, 0.3) is 0 Å². The Hall–Kier alpha value is -3.98.